The molecule has 29 heavy (non-hydrogen) atoms. The van der Waals surface area contributed by atoms with Crippen molar-refractivity contribution in [2.24, 2.45) is 5.92 Å². The average molecular weight is 396 g/mol. The van der Waals surface area contributed by atoms with E-state index >= 15 is 0 Å². The molecule has 1 saturated heterocycles. The number of likely N-dealkylation sites (tertiary alicyclic amines) is 1. The minimum Gasteiger partial charge on any atom is -0.488 e. The number of amides is 2. The van der Waals surface area contributed by atoms with Crippen molar-refractivity contribution in [3.05, 3.63) is 65.5 Å². The van der Waals surface area contributed by atoms with Crippen molar-refractivity contribution in [1.82, 2.24) is 10.2 Å². The zero-order chi connectivity index (χ0) is 20.2. The molecule has 0 spiro atoms. The van der Waals surface area contributed by atoms with Crippen LogP contribution in [0.25, 0.3) is 0 Å². The van der Waals surface area contributed by atoms with E-state index in [4.69, 9.17) is 4.74 Å². The summed E-state index contributed by atoms with van der Waals surface area (Å²) < 4.78 is 18.9. The highest BCUT2D eigenvalue weighted by Gasteiger charge is 2.32. The largest absolute Gasteiger partial charge is 0.488 e. The fourth-order valence-electron chi connectivity index (χ4n) is 3.57. The Hall–Kier alpha value is -2.89. The monoisotopic (exact) mass is 396 g/mol. The second-order valence-corrected chi connectivity index (χ2v) is 7.76. The van der Waals surface area contributed by atoms with Crippen molar-refractivity contribution < 1.29 is 18.7 Å². The third kappa shape index (κ3) is 4.94. The molecule has 0 atom stereocenters. The highest BCUT2D eigenvalue weighted by atomic mass is 19.1. The summed E-state index contributed by atoms with van der Waals surface area (Å²) in [5.74, 6) is 0.535. The number of para-hydroxylation sites is 1. The highest BCUT2D eigenvalue weighted by molar-refractivity contribution is 5.97. The Morgan fingerprint density at radius 2 is 1.69 bits per heavy atom. The molecule has 1 heterocycles. The summed E-state index contributed by atoms with van der Waals surface area (Å²) in [5, 5.41) is 3.11. The number of hydrogen-bond acceptors (Lipinski definition) is 3. The Morgan fingerprint density at radius 3 is 2.38 bits per heavy atom. The van der Waals surface area contributed by atoms with E-state index in [1.165, 1.54) is 12.1 Å². The van der Waals surface area contributed by atoms with E-state index in [0.29, 0.717) is 24.4 Å². The first-order valence-corrected chi connectivity index (χ1v) is 10.2. The van der Waals surface area contributed by atoms with Gasteiger partial charge in [-0.05, 0) is 55.5 Å². The number of ether oxygens (including phenoxy) is 1. The quantitative estimate of drug-likeness (QED) is 0.813. The van der Waals surface area contributed by atoms with Crippen LogP contribution in [0.2, 0.25) is 0 Å². The standard InChI is InChI=1S/C23H25FN2O3/c24-18-9-5-16(6-10-18)15-29-21-4-2-1-3-20(21)23(28)26-13-11-19(12-14-26)25-22(27)17-7-8-17/h1-6,9-10,17,19H,7-8,11-15H2,(H,25,27). The number of hydrogen-bond donors (Lipinski definition) is 1. The van der Waals surface area contributed by atoms with E-state index in [-0.39, 0.29) is 36.2 Å². The summed E-state index contributed by atoms with van der Waals surface area (Å²) in [6, 6.07) is 13.5. The molecule has 2 amide bonds. The van der Waals surface area contributed by atoms with Crippen LogP contribution in [-0.2, 0) is 11.4 Å². The van der Waals surface area contributed by atoms with Gasteiger partial charge in [0.05, 0.1) is 5.56 Å². The van der Waals surface area contributed by atoms with Crippen LogP contribution in [0.4, 0.5) is 4.39 Å². The van der Waals surface area contributed by atoms with Crippen molar-refractivity contribution in [1.29, 1.82) is 0 Å². The summed E-state index contributed by atoms with van der Waals surface area (Å²) in [4.78, 5) is 26.8. The van der Waals surface area contributed by atoms with Gasteiger partial charge < -0.3 is 15.0 Å². The Morgan fingerprint density at radius 1 is 1.00 bits per heavy atom. The molecule has 0 bridgehead atoms. The molecule has 1 N–H and O–H groups in total. The van der Waals surface area contributed by atoms with Crippen LogP contribution < -0.4 is 10.1 Å². The lowest BCUT2D eigenvalue weighted by atomic mass is 10.0. The summed E-state index contributed by atoms with van der Waals surface area (Å²) in [6.07, 6.45) is 3.53. The molecule has 4 rings (SSSR count). The lowest BCUT2D eigenvalue weighted by molar-refractivity contribution is -0.123. The first-order chi connectivity index (χ1) is 14.1. The number of halogens is 1. The number of nitrogens with zero attached hydrogens (tertiary/aromatic N) is 1. The second kappa shape index (κ2) is 8.64. The third-order valence-corrected chi connectivity index (χ3v) is 5.50. The minimum absolute atomic E-state index is 0.0633. The fraction of sp³-hybridized carbons (Fsp3) is 0.391. The normalized spacial score (nSPS) is 17.1. The Bertz CT molecular complexity index is 872. The predicted octanol–water partition coefficient (Wildman–Crippen LogP) is 3.54. The van der Waals surface area contributed by atoms with Crippen molar-refractivity contribution in [2.75, 3.05) is 13.1 Å². The molecule has 1 aliphatic carbocycles. The summed E-state index contributed by atoms with van der Waals surface area (Å²) in [7, 11) is 0. The van der Waals surface area contributed by atoms with Gasteiger partial charge in [0.25, 0.3) is 5.91 Å². The van der Waals surface area contributed by atoms with Crippen molar-refractivity contribution in [3.8, 4) is 5.75 Å². The first kappa shape index (κ1) is 19.4. The van der Waals surface area contributed by atoms with Gasteiger partial charge in [0.2, 0.25) is 5.91 Å². The molecular weight excluding hydrogens is 371 g/mol. The van der Waals surface area contributed by atoms with Crippen molar-refractivity contribution in [2.45, 2.75) is 38.3 Å². The number of benzene rings is 2. The molecule has 2 fully saturated rings. The van der Waals surface area contributed by atoms with E-state index in [1.54, 1.807) is 24.3 Å². The van der Waals surface area contributed by atoms with E-state index in [9.17, 15) is 14.0 Å². The fourth-order valence-corrected chi connectivity index (χ4v) is 3.57. The number of carbonyl (C=O) groups is 2. The lowest BCUT2D eigenvalue weighted by Crippen LogP contribution is -2.47. The van der Waals surface area contributed by atoms with Gasteiger partial charge in [-0.1, -0.05) is 24.3 Å². The van der Waals surface area contributed by atoms with Crippen LogP contribution in [0, 0.1) is 11.7 Å². The molecule has 5 nitrogen and oxygen atoms in total. The average Bonchev–Trinajstić information content (AvgIpc) is 3.59. The van der Waals surface area contributed by atoms with E-state index in [2.05, 4.69) is 5.32 Å². The second-order valence-electron chi connectivity index (χ2n) is 7.76. The van der Waals surface area contributed by atoms with E-state index in [0.717, 1.165) is 31.2 Å². The van der Waals surface area contributed by atoms with Crippen LogP contribution in [-0.4, -0.2) is 35.8 Å². The van der Waals surface area contributed by atoms with Gasteiger partial charge in [0.15, 0.2) is 0 Å². The molecule has 2 aliphatic rings. The van der Waals surface area contributed by atoms with Gasteiger partial charge in [0.1, 0.15) is 18.2 Å². The zero-order valence-corrected chi connectivity index (χ0v) is 16.3. The van der Waals surface area contributed by atoms with Crippen LogP contribution in [0.5, 0.6) is 5.75 Å². The van der Waals surface area contributed by atoms with E-state index in [1.807, 2.05) is 17.0 Å². The highest BCUT2D eigenvalue weighted by Crippen LogP contribution is 2.29. The van der Waals surface area contributed by atoms with Gasteiger partial charge in [0, 0.05) is 25.0 Å². The molecule has 0 unspecified atom stereocenters. The number of rotatable bonds is 6. The number of piperidine rings is 1. The Kier molecular flexibility index (Phi) is 5.79. The number of carbonyl (C=O) groups excluding carboxylic acids is 2. The maximum Gasteiger partial charge on any atom is 0.257 e. The smallest absolute Gasteiger partial charge is 0.257 e. The molecule has 0 radical (unpaired) electrons. The third-order valence-electron chi connectivity index (χ3n) is 5.50. The van der Waals surface area contributed by atoms with Gasteiger partial charge in [-0.3, -0.25) is 9.59 Å². The van der Waals surface area contributed by atoms with Crippen molar-refractivity contribution in [3.63, 3.8) is 0 Å². The van der Waals surface area contributed by atoms with Crippen LogP contribution in [0.15, 0.2) is 48.5 Å². The Labute approximate surface area is 169 Å². The molecule has 152 valence electrons. The SMILES string of the molecule is O=C(NC1CCN(C(=O)c2ccccc2OCc2ccc(F)cc2)CC1)C1CC1. The lowest BCUT2D eigenvalue weighted by Gasteiger charge is -2.32. The van der Waals surface area contributed by atoms with Crippen LogP contribution >= 0.6 is 0 Å². The molecule has 2 aromatic rings. The molecular formula is C23H25FN2O3. The van der Waals surface area contributed by atoms with Crippen LogP contribution in [0.1, 0.15) is 41.6 Å². The summed E-state index contributed by atoms with van der Waals surface area (Å²) in [6.45, 7) is 1.49. The topological polar surface area (TPSA) is 58.6 Å². The van der Waals surface area contributed by atoms with Crippen molar-refractivity contribution >= 4 is 11.8 Å². The molecule has 1 saturated carbocycles. The van der Waals surface area contributed by atoms with E-state index < -0.39 is 0 Å². The Balaban J connectivity index is 1.35. The molecule has 2 aromatic carbocycles. The summed E-state index contributed by atoms with van der Waals surface area (Å²) in [5.41, 5.74) is 1.36. The van der Waals surface area contributed by atoms with Crippen LogP contribution in [0.3, 0.4) is 0 Å². The van der Waals surface area contributed by atoms with Gasteiger partial charge in [-0.25, -0.2) is 4.39 Å². The molecule has 0 aromatic heterocycles. The van der Waals surface area contributed by atoms with Gasteiger partial charge >= 0.3 is 0 Å². The maximum absolute atomic E-state index is 13.1. The molecule has 6 heteroatoms. The molecule has 1 aliphatic heterocycles. The van der Waals surface area contributed by atoms with Gasteiger partial charge in [-0.15, -0.1) is 0 Å². The minimum atomic E-state index is -0.291. The number of nitrogens with one attached hydrogen (secondary N) is 1. The zero-order valence-electron chi connectivity index (χ0n) is 16.3. The predicted molar refractivity (Wildman–Crippen MR) is 107 cm³/mol. The summed E-state index contributed by atoms with van der Waals surface area (Å²) >= 11 is 0. The van der Waals surface area contributed by atoms with Gasteiger partial charge in [-0.2, -0.15) is 0 Å². The first-order valence-electron chi connectivity index (χ1n) is 10.2. The maximum atomic E-state index is 13.1.